The van der Waals surface area contributed by atoms with E-state index in [1.807, 2.05) is 39.4 Å². The van der Waals surface area contributed by atoms with Crippen molar-refractivity contribution >= 4 is 19.7 Å². The summed E-state index contributed by atoms with van der Waals surface area (Å²) in [5.74, 6) is -0.595. The third kappa shape index (κ3) is 49.9. The van der Waals surface area contributed by atoms with E-state index in [2.05, 4.69) is 92.9 Å². The van der Waals surface area contributed by atoms with E-state index < -0.39 is 26.6 Å². The second-order valence-electron chi connectivity index (χ2n) is 19.8. The number of hydrogen-bond donors (Lipinski definition) is 1. The first-order valence-corrected chi connectivity index (χ1v) is 29.4. The molecule has 9 nitrogen and oxygen atoms in total. The summed E-state index contributed by atoms with van der Waals surface area (Å²) in [5, 5.41) is 3.00. The molecule has 0 aliphatic rings. The number of phosphoric ester groups is 1. The molecule has 0 aromatic rings. The topological polar surface area (TPSA) is 114 Å². The summed E-state index contributed by atoms with van der Waals surface area (Å²) in [5.41, 5.74) is 0. The first kappa shape index (κ1) is 66.2. The number of esters is 1. The zero-order chi connectivity index (χ0) is 50.8. The van der Waals surface area contributed by atoms with Gasteiger partial charge in [-0.25, -0.2) is 0 Å². The summed E-state index contributed by atoms with van der Waals surface area (Å²) in [4.78, 5) is 39.8. The fourth-order valence-electron chi connectivity index (χ4n) is 7.53. The molecule has 0 rings (SSSR count). The van der Waals surface area contributed by atoms with Crippen LogP contribution in [0.15, 0.2) is 85.1 Å². The minimum atomic E-state index is -4.71. The van der Waals surface area contributed by atoms with E-state index in [9.17, 15) is 19.0 Å². The summed E-state index contributed by atoms with van der Waals surface area (Å²) >= 11 is 0. The molecule has 398 valence electrons. The Morgan fingerprint density at radius 2 is 0.986 bits per heavy atom. The van der Waals surface area contributed by atoms with Crippen LogP contribution in [0.3, 0.4) is 0 Å². The normalized spacial score (nSPS) is 14.5. The average molecular weight is 985 g/mol. The SMILES string of the molecule is CC/C=C/C=C/C=C\CCCCCCCC(=O)NC(COP(=O)([O-])OCC[N+](C)(C)C)C(/C=C/CCCCCCCCCCCCC)OC(=O)CCCCCC/C=C\C/C=C\C/C=C\CCCCC. The lowest BCUT2D eigenvalue weighted by Crippen LogP contribution is -2.47. The van der Waals surface area contributed by atoms with Gasteiger partial charge in [0.05, 0.1) is 33.8 Å². The summed E-state index contributed by atoms with van der Waals surface area (Å²) in [6.45, 7) is 6.63. The maximum Gasteiger partial charge on any atom is 0.306 e. The van der Waals surface area contributed by atoms with Crippen LogP contribution in [-0.4, -0.2) is 69.4 Å². The zero-order valence-electron chi connectivity index (χ0n) is 45.2. The van der Waals surface area contributed by atoms with Crippen LogP contribution in [0.4, 0.5) is 0 Å². The molecule has 0 saturated heterocycles. The van der Waals surface area contributed by atoms with E-state index in [4.69, 9.17) is 13.8 Å². The number of allylic oxidation sites excluding steroid dienone is 13. The highest BCUT2D eigenvalue weighted by molar-refractivity contribution is 7.45. The largest absolute Gasteiger partial charge is 0.756 e. The van der Waals surface area contributed by atoms with Gasteiger partial charge in [-0.15, -0.1) is 0 Å². The summed E-state index contributed by atoms with van der Waals surface area (Å²) in [6, 6.07) is -0.911. The van der Waals surface area contributed by atoms with Crippen LogP contribution in [0.2, 0.25) is 0 Å². The van der Waals surface area contributed by atoms with E-state index in [1.54, 1.807) is 0 Å². The van der Waals surface area contributed by atoms with Crippen LogP contribution >= 0.6 is 7.82 Å². The minimum Gasteiger partial charge on any atom is -0.756 e. The Morgan fingerprint density at radius 1 is 0.536 bits per heavy atom. The summed E-state index contributed by atoms with van der Waals surface area (Å²) in [6.07, 6.45) is 62.6. The molecular formula is C59H105N2O7P. The molecule has 0 spiro atoms. The zero-order valence-corrected chi connectivity index (χ0v) is 46.1. The van der Waals surface area contributed by atoms with Crippen molar-refractivity contribution in [3.8, 4) is 0 Å². The smallest absolute Gasteiger partial charge is 0.306 e. The third-order valence-electron chi connectivity index (χ3n) is 11.9. The quantitative estimate of drug-likeness (QED) is 0.0161. The van der Waals surface area contributed by atoms with Crippen molar-refractivity contribution in [3.63, 3.8) is 0 Å². The van der Waals surface area contributed by atoms with Crippen molar-refractivity contribution in [2.24, 2.45) is 0 Å². The van der Waals surface area contributed by atoms with Crippen molar-refractivity contribution in [2.75, 3.05) is 40.9 Å². The van der Waals surface area contributed by atoms with Crippen molar-refractivity contribution < 1.29 is 37.3 Å². The Kier molecular flexibility index (Phi) is 46.8. The molecule has 0 saturated carbocycles. The molecule has 10 heteroatoms. The molecule has 3 unspecified atom stereocenters. The van der Waals surface area contributed by atoms with E-state index >= 15 is 0 Å². The van der Waals surface area contributed by atoms with Crippen LogP contribution in [0.25, 0.3) is 0 Å². The molecule has 1 N–H and O–H groups in total. The number of ether oxygens (including phenoxy) is 1. The molecule has 0 bridgehead atoms. The number of hydrogen-bond acceptors (Lipinski definition) is 7. The molecule has 0 radical (unpaired) electrons. The monoisotopic (exact) mass is 985 g/mol. The van der Waals surface area contributed by atoms with Gasteiger partial charge < -0.3 is 28.5 Å². The Hall–Kier alpha value is -2.81. The van der Waals surface area contributed by atoms with Crippen LogP contribution in [0.5, 0.6) is 0 Å². The lowest BCUT2D eigenvalue weighted by molar-refractivity contribution is -0.870. The number of carbonyl (C=O) groups is 2. The number of nitrogens with zero attached hydrogens (tertiary/aromatic N) is 1. The molecule has 0 aliphatic heterocycles. The highest BCUT2D eigenvalue weighted by Crippen LogP contribution is 2.38. The van der Waals surface area contributed by atoms with Crippen LogP contribution in [-0.2, 0) is 27.9 Å². The first-order valence-electron chi connectivity index (χ1n) is 27.9. The number of quaternary nitrogens is 1. The van der Waals surface area contributed by atoms with Gasteiger partial charge in [-0.2, -0.15) is 0 Å². The molecule has 3 atom stereocenters. The molecule has 1 amide bonds. The Morgan fingerprint density at radius 3 is 1.54 bits per heavy atom. The number of likely N-dealkylation sites (N-methyl/N-ethyl adjacent to an activating group) is 1. The third-order valence-corrected chi connectivity index (χ3v) is 12.8. The first-order chi connectivity index (χ1) is 33.4. The highest BCUT2D eigenvalue weighted by atomic mass is 31.2. The molecule has 0 aliphatic carbocycles. The van der Waals surface area contributed by atoms with Crippen LogP contribution in [0.1, 0.15) is 226 Å². The van der Waals surface area contributed by atoms with Crippen molar-refractivity contribution in [3.05, 3.63) is 85.1 Å². The van der Waals surface area contributed by atoms with Gasteiger partial charge in [0.15, 0.2) is 0 Å². The standard InChI is InChI=1S/C59H105N2O7P/c1-7-10-13-16-19-22-25-28-29-30-31-34-37-40-43-46-49-52-59(63)68-57(50-47-44-41-38-35-32-26-23-20-17-14-11-8-2)56(55-67-69(64,65)66-54-53-61(4,5)6)60-58(62)51-48-45-42-39-36-33-27-24-21-18-15-12-9-3/h12,15,18-19,21-22,24,27-29,31,34,47,50,56-57H,7-11,13-14,16-17,20,23,25-26,30,32-33,35-46,48-49,51-55H2,1-6H3,(H-,60,62,64,65)/b15-12+,21-18+,22-19-,27-24-,29-28-,34-31-,50-47+. The van der Waals surface area contributed by atoms with E-state index in [0.29, 0.717) is 23.9 Å². The molecule has 0 heterocycles. The maximum atomic E-state index is 13.4. The van der Waals surface area contributed by atoms with E-state index in [1.165, 1.54) is 83.5 Å². The van der Waals surface area contributed by atoms with E-state index in [-0.39, 0.29) is 31.3 Å². The van der Waals surface area contributed by atoms with Crippen molar-refractivity contribution in [1.29, 1.82) is 0 Å². The lowest BCUT2D eigenvalue weighted by atomic mass is 10.0. The number of nitrogens with one attached hydrogen (secondary N) is 1. The number of unbranched alkanes of at least 4 members (excludes halogenated alkanes) is 23. The van der Waals surface area contributed by atoms with Gasteiger partial charge in [-0.3, -0.25) is 14.2 Å². The lowest BCUT2D eigenvalue weighted by Gasteiger charge is -2.30. The average Bonchev–Trinajstić information content (AvgIpc) is 3.31. The Balaban J connectivity index is 5.47. The minimum absolute atomic E-state index is 0.0342. The van der Waals surface area contributed by atoms with Crippen molar-refractivity contribution in [1.82, 2.24) is 5.32 Å². The maximum absolute atomic E-state index is 13.4. The fourth-order valence-corrected chi connectivity index (χ4v) is 8.25. The van der Waals surface area contributed by atoms with Gasteiger partial charge in [-0.1, -0.05) is 209 Å². The molecule has 0 aromatic carbocycles. The molecule has 69 heavy (non-hydrogen) atoms. The number of amides is 1. The van der Waals surface area contributed by atoms with Crippen LogP contribution < -0.4 is 10.2 Å². The fraction of sp³-hybridized carbons (Fsp3) is 0.729. The van der Waals surface area contributed by atoms with Crippen LogP contribution in [0, 0.1) is 0 Å². The Labute approximate surface area is 425 Å². The summed E-state index contributed by atoms with van der Waals surface area (Å²) < 4.78 is 30.2. The molecular weight excluding hydrogens is 880 g/mol. The summed E-state index contributed by atoms with van der Waals surface area (Å²) in [7, 11) is 1.14. The van der Waals surface area contributed by atoms with Gasteiger partial charge in [-0.05, 0) is 89.5 Å². The number of rotatable bonds is 49. The molecule has 0 aromatic heterocycles. The second kappa shape index (κ2) is 48.8. The highest BCUT2D eigenvalue weighted by Gasteiger charge is 2.27. The number of carbonyl (C=O) groups excluding carboxylic acids is 2. The predicted octanol–water partition coefficient (Wildman–Crippen LogP) is 16.0. The van der Waals surface area contributed by atoms with Gasteiger partial charge in [0.25, 0.3) is 7.82 Å². The van der Waals surface area contributed by atoms with Crippen molar-refractivity contribution in [2.45, 2.75) is 238 Å². The van der Waals surface area contributed by atoms with Gasteiger partial charge in [0, 0.05) is 12.8 Å². The second-order valence-corrected chi connectivity index (χ2v) is 21.2. The molecule has 0 fully saturated rings. The number of phosphoric acid groups is 1. The Bertz CT molecular complexity index is 1460. The van der Waals surface area contributed by atoms with Gasteiger partial charge in [0.1, 0.15) is 19.3 Å². The van der Waals surface area contributed by atoms with E-state index in [0.717, 1.165) is 96.3 Å². The van der Waals surface area contributed by atoms with Gasteiger partial charge >= 0.3 is 5.97 Å². The van der Waals surface area contributed by atoms with Gasteiger partial charge in [0.2, 0.25) is 5.91 Å². The predicted molar refractivity (Wildman–Crippen MR) is 293 cm³/mol.